The van der Waals surface area contributed by atoms with E-state index in [1.807, 2.05) is 13.8 Å². The summed E-state index contributed by atoms with van der Waals surface area (Å²) in [5.41, 5.74) is -1.24. The van der Waals surface area contributed by atoms with E-state index in [0.29, 0.717) is 0 Å². The lowest BCUT2D eigenvalue weighted by Crippen LogP contribution is -2.46. The molecule has 0 aliphatic heterocycles. The first-order chi connectivity index (χ1) is 5.72. The van der Waals surface area contributed by atoms with Gasteiger partial charge in [-0.3, -0.25) is 0 Å². The van der Waals surface area contributed by atoms with Gasteiger partial charge in [0.1, 0.15) is 0 Å². The van der Waals surface area contributed by atoms with Gasteiger partial charge in [-0.2, -0.15) is 0 Å². The first kappa shape index (κ1) is 15.4. The van der Waals surface area contributed by atoms with Gasteiger partial charge >= 0.3 is 0 Å². The van der Waals surface area contributed by atoms with E-state index >= 15 is 0 Å². The van der Waals surface area contributed by atoms with Gasteiger partial charge in [0.25, 0.3) is 0 Å². The van der Waals surface area contributed by atoms with Crippen LogP contribution in [0.25, 0.3) is 0 Å². The monoisotopic (exact) mass is 190 g/mol. The summed E-state index contributed by atoms with van der Waals surface area (Å²) in [6.07, 6.45) is 2.64. The number of aliphatic hydroxyl groups is 1. The van der Waals surface area contributed by atoms with Crippen LogP contribution in [0.4, 0.5) is 0 Å². The maximum atomic E-state index is 9.42. The van der Waals surface area contributed by atoms with Gasteiger partial charge in [0.2, 0.25) is 0 Å². The lowest BCUT2D eigenvalue weighted by atomic mass is 9.90. The molecular weight excluding hydrogens is 164 g/mol. The highest BCUT2D eigenvalue weighted by Gasteiger charge is 2.34. The Morgan fingerprint density at radius 3 is 1.31 bits per heavy atom. The van der Waals surface area contributed by atoms with Crippen molar-refractivity contribution >= 4 is 0 Å². The van der Waals surface area contributed by atoms with Gasteiger partial charge in [0.15, 0.2) is 0 Å². The predicted octanol–water partition coefficient (Wildman–Crippen LogP) is 2.99. The zero-order valence-electron chi connectivity index (χ0n) is 10.3. The first-order valence-corrected chi connectivity index (χ1v) is 5.00. The van der Waals surface area contributed by atoms with Gasteiger partial charge in [-0.25, -0.2) is 0 Å². The Kier molecular flexibility index (Phi) is 7.56. The molecule has 82 valence electrons. The minimum Gasteiger partial charge on any atom is -0.387 e. The molecule has 0 saturated heterocycles. The molecule has 2 heteroatoms. The molecular formula is C11H26O2. The van der Waals surface area contributed by atoms with Gasteiger partial charge in [-0.1, -0.05) is 26.7 Å². The van der Waals surface area contributed by atoms with Crippen molar-refractivity contribution in [1.82, 2.24) is 0 Å². The normalized spacial score (nSPS) is 12.0. The third-order valence-electron chi connectivity index (χ3n) is 2.48. The predicted molar refractivity (Wildman–Crippen MR) is 58.0 cm³/mol. The molecule has 0 atom stereocenters. The van der Waals surface area contributed by atoms with Gasteiger partial charge in [0.05, 0.1) is 11.2 Å². The van der Waals surface area contributed by atoms with Crippen LogP contribution in [0.1, 0.15) is 54.4 Å². The molecule has 0 aliphatic rings. The van der Waals surface area contributed by atoms with E-state index in [2.05, 4.69) is 13.8 Å². The van der Waals surface area contributed by atoms with Crippen LogP contribution in [-0.2, 0) is 4.74 Å². The third-order valence-corrected chi connectivity index (χ3v) is 2.48. The average molecular weight is 190 g/mol. The maximum absolute atomic E-state index is 9.42. The number of hydrogen-bond acceptors (Lipinski definition) is 2. The highest BCUT2D eigenvalue weighted by Crippen LogP contribution is 2.23. The summed E-state index contributed by atoms with van der Waals surface area (Å²) in [6.45, 7) is 11.5. The van der Waals surface area contributed by atoms with Crippen LogP contribution < -0.4 is 0 Å². The van der Waals surface area contributed by atoms with Crippen molar-refractivity contribution < 1.29 is 9.84 Å². The number of rotatable bonds is 3. The SMILES string of the molecule is CCCC.COC(C)(C)C(C)(C)O. The van der Waals surface area contributed by atoms with E-state index in [0.717, 1.165) is 0 Å². The number of unbranched alkanes of at least 4 members (excludes halogenated alkanes) is 1. The molecule has 0 bridgehead atoms. The summed E-state index contributed by atoms with van der Waals surface area (Å²) in [6, 6.07) is 0. The van der Waals surface area contributed by atoms with E-state index in [-0.39, 0.29) is 0 Å². The molecule has 0 spiro atoms. The lowest BCUT2D eigenvalue weighted by Gasteiger charge is -2.35. The van der Waals surface area contributed by atoms with Crippen LogP contribution in [0.15, 0.2) is 0 Å². The zero-order chi connectivity index (χ0) is 11.1. The highest BCUT2D eigenvalue weighted by molar-refractivity contribution is 4.86. The Labute approximate surface area is 83.3 Å². The minimum atomic E-state index is -0.776. The van der Waals surface area contributed by atoms with E-state index in [1.165, 1.54) is 12.8 Å². The summed E-state index contributed by atoms with van der Waals surface area (Å²) in [4.78, 5) is 0. The topological polar surface area (TPSA) is 29.5 Å². The molecule has 0 heterocycles. The van der Waals surface area contributed by atoms with Gasteiger partial charge in [0, 0.05) is 7.11 Å². The van der Waals surface area contributed by atoms with Crippen LogP contribution in [0.3, 0.4) is 0 Å². The van der Waals surface area contributed by atoms with E-state index in [1.54, 1.807) is 21.0 Å². The second-order valence-corrected chi connectivity index (χ2v) is 4.27. The van der Waals surface area contributed by atoms with Crippen LogP contribution in [0.5, 0.6) is 0 Å². The zero-order valence-corrected chi connectivity index (χ0v) is 10.3. The van der Waals surface area contributed by atoms with Crippen molar-refractivity contribution in [3.63, 3.8) is 0 Å². The van der Waals surface area contributed by atoms with Crippen LogP contribution in [0.2, 0.25) is 0 Å². The van der Waals surface area contributed by atoms with E-state index < -0.39 is 11.2 Å². The number of hydrogen-bond donors (Lipinski definition) is 1. The fourth-order valence-electron chi connectivity index (χ4n) is 0.250. The number of methoxy groups -OCH3 is 1. The first-order valence-electron chi connectivity index (χ1n) is 5.00. The fourth-order valence-corrected chi connectivity index (χ4v) is 0.250. The third kappa shape index (κ3) is 7.03. The van der Waals surface area contributed by atoms with Crippen molar-refractivity contribution in [3.05, 3.63) is 0 Å². The molecule has 0 amide bonds. The molecule has 0 aromatic heterocycles. The molecule has 0 radical (unpaired) electrons. The average Bonchev–Trinajstić information content (AvgIpc) is 2.03. The van der Waals surface area contributed by atoms with Gasteiger partial charge < -0.3 is 9.84 Å². The summed E-state index contributed by atoms with van der Waals surface area (Å²) in [5.74, 6) is 0. The lowest BCUT2D eigenvalue weighted by molar-refractivity contribution is -0.129. The van der Waals surface area contributed by atoms with Crippen molar-refractivity contribution in [1.29, 1.82) is 0 Å². The second kappa shape index (κ2) is 6.39. The molecule has 0 unspecified atom stereocenters. The molecule has 13 heavy (non-hydrogen) atoms. The summed E-state index contributed by atoms with van der Waals surface area (Å²) < 4.78 is 5.05. The molecule has 0 fully saturated rings. The summed E-state index contributed by atoms with van der Waals surface area (Å²) >= 11 is 0. The Balaban J connectivity index is 0. The largest absolute Gasteiger partial charge is 0.387 e. The Hall–Kier alpha value is -0.0800. The Bertz CT molecular complexity index is 110. The van der Waals surface area contributed by atoms with Gasteiger partial charge in [-0.15, -0.1) is 0 Å². The van der Waals surface area contributed by atoms with Crippen molar-refractivity contribution in [3.8, 4) is 0 Å². The van der Waals surface area contributed by atoms with Crippen molar-refractivity contribution in [2.24, 2.45) is 0 Å². The summed E-state index contributed by atoms with van der Waals surface area (Å²) in [7, 11) is 1.60. The Morgan fingerprint density at radius 1 is 1.00 bits per heavy atom. The number of ether oxygens (including phenoxy) is 1. The summed E-state index contributed by atoms with van der Waals surface area (Å²) in [5, 5.41) is 9.42. The standard InChI is InChI=1S/C7H16O2.C4H10/c1-6(2,8)7(3,4)9-5;1-3-4-2/h8H,1-5H3;3-4H2,1-2H3. The fraction of sp³-hybridized carbons (Fsp3) is 1.00. The van der Waals surface area contributed by atoms with Crippen molar-refractivity contribution in [2.45, 2.75) is 65.6 Å². The van der Waals surface area contributed by atoms with Crippen LogP contribution in [0, 0.1) is 0 Å². The molecule has 0 saturated carbocycles. The molecule has 0 aliphatic carbocycles. The highest BCUT2D eigenvalue weighted by atomic mass is 16.5. The quantitative estimate of drug-likeness (QED) is 0.741. The molecule has 0 aromatic carbocycles. The maximum Gasteiger partial charge on any atom is 0.0902 e. The Morgan fingerprint density at radius 2 is 1.31 bits per heavy atom. The van der Waals surface area contributed by atoms with Crippen LogP contribution in [-0.4, -0.2) is 23.4 Å². The van der Waals surface area contributed by atoms with Gasteiger partial charge in [-0.05, 0) is 27.7 Å². The van der Waals surface area contributed by atoms with E-state index in [9.17, 15) is 5.11 Å². The van der Waals surface area contributed by atoms with Crippen LogP contribution >= 0.6 is 0 Å². The molecule has 1 N–H and O–H groups in total. The molecule has 0 rings (SSSR count). The minimum absolute atomic E-state index is 0.465. The second-order valence-electron chi connectivity index (χ2n) is 4.27. The molecule has 0 aromatic rings. The van der Waals surface area contributed by atoms with Crippen molar-refractivity contribution in [2.75, 3.05) is 7.11 Å². The van der Waals surface area contributed by atoms with E-state index in [4.69, 9.17) is 4.74 Å². The smallest absolute Gasteiger partial charge is 0.0902 e. The molecule has 2 nitrogen and oxygen atoms in total.